The Morgan fingerprint density at radius 1 is 1.19 bits per heavy atom. The summed E-state index contributed by atoms with van der Waals surface area (Å²) in [6.45, 7) is 8.29. The molecule has 1 aliphatic rings. The summed E-state index contributed by atoms with van der Waals surface area (Å²) in [4.78, 5) is 14.3. The summed E-state index contributed by atoms with van der Waals surface area (Å²) in [6.07, 6.45) is 3.01. The number of rotatable bonds is 5. The van der Waals surface area contributed by atoms with Gasteiger partial charge in [0.15, 0.2) is 0 Å². The van der Waals surface area contributed by atoms with E-state index in [1.165, 1.54) is 11.1 Å². The number of hydrogen-bond acceptors (Lipinski definition) is 3. The van der Waals surface area contributed by atoms with E-state index >= 15 is 0 Å². The highest BCUT2D eigenvalue weighted by Crippen LogP contribution is 2.22. The molecule has 1 aliphatic heterocycles. The Hall–Kier alpha value is -1.55. The summed E-state index contributed by atoms with van der Waals surface area (Å²) < 4.78 is 0. The number of amides is 1. The van der Waals surface area contributed by atoms with Crippen LogP contribution in [0.3, 0.4) is 0 Å². The summed E-state index contributed by atoms with van der Waals surface area (Å²) >= 11 is 0. The maximum absolute atomic E-state index is 12.4. The van der Waals surface area contributed by atoms with Crippen LogP contribution in [0.15, 0.2) is 18.2 Å². The third kappa shape index (κ3) is 4.21. The SMILES string of the molecule is CCc1cccc(CC)c1NCC(=O)N1CCCNCC1. The largest absolute Gasteiger partial charge is 0.376 e. The van der Waals surface area contributed by atoms with Gasteiger partial charge in [-0.25, -0.2) is 0 Å². The van der Waals surface area contributed by atoms with E-state index in [1.807, 2.05) is 4.90 Å². The molecule has 1 heterocycles. The van der Waals surface area contributed by atoms with Gasteiger partial charge in [-0.15, -0.1) is 0 Å². The molecule has 1 aromatic carbocycles. The molecule has 0 radical (unpaired) electrons. The van der Waals surface area contributed by atoms with Gasteiger partial charge in [0.05, 0.1) is 6.54 Å². The zero-order valence-electron chi connectivity index (χ0n) is 13.2. The number of nitrogens with zero attached hydrogens (tertiary/aromatic N) is 1. The summed E-state index contributed by atoms with van der Waals surface area (Å²) in [6, 6.07) is 6.38. The van der Waals surface area contributed by atoms with Gasteiger partial charge in [0, 0.05) is 25.3 Å². The third-order valence-electron chi connectivity index (χ3n) is 4.11. The molecule has 1 amide bonds. The van der Waals surface area contributed by atoms with Crippen LogP contribution >= 0.6 is 0 Å². The van der Waals surface area contributed by atoms with Crippen LogP contribution in [0.4, 0.5) is 5.69 Å². The second-order valence-corrected chi connectivity index (χ2v) is 5.50. The van der Waals surface area contributed by atoms with Crippen LogP contribution in [-0.2, 0) is 17.6 Å². The number of aryl methyl sites for hydroxylation is 2. The fourth-order valence-corrected chi connectivity index (χ4v) is 2.84. The fraction of sp³-hybridized carbons (Fsp3) is 0.588. The molecule has 4 heteroatoms. The molecule has 0 aromatic heterocycles. The topological polar surface area (TPSA) is 44.4 Å². The Labute approximate surface area is 127 Å². The molecule has 0 saturated carbocycles. The van der Waals surface area contributed by atoms with E-state index in [0.29, 0.717) is 6.54 Å². The lowest BCUT2D eigenvalue weighted by molar-refractivity contribution is -0.129. The maximum atomic E-state index is 12.4. The molecule has 2 rings (SSSR count). The van der Waals surface area contributed by atoms with Crippen molar-refractivity contribution in [1.82, 2.24) is 10.2 Å². The molecule has 2 N–H and O–H groups in total. The predicted molar refractivity (Wildman–Crippen MR) is 87.8 cm³/mol. The van der Waals surface area contributed by atoms with Crippen LogP contribution in [0, 0.1) is 0 Å². The normalized spacial score (nSPS) is 15.6. The van der Waals surface area contributed by atoms with E-state index in [0.717, 1.165) is 51.1 Å². The number of benzene rings is 1. The van der Waals surface area contributed by atoms with Crippen LogP contribution in [0.2, 0.25) is 0 Å². The van der Waals surface area contributed by atoms with Crippen molar-refractivity contribution in [3.05, 3.63) is 29.3 Å². The number of anilines is 1. The summed E-state index contributed by atoms with van der Waals surface area (Å²) in [5, 5.41) is 6.72. The van der Waals surface area contributed by atoms with Crippen molar-refractivity contribution >= 4 is 11.6 Å². The number of nitrogens with one attached hydrogen (secondary N) is 2. The molecule has 0 unspecified atom stereocenters. The second-order valence-electron chi connectivity index (χ2n) is 5.50. The molecule has 0 bridgehead atoms. The lowest BCUT2D eigenvalue weighted by Crippen LogP contribution is -2.38. The highest BCUT2D eigenvalue weighted by atomic mass is 16.2. The number of carbonyl (C=O) groups excluding carboxylic acids is 1. The Morgan fingerprint density at radius 3 is 2.57 bits per heavy atom. The highest BCUT2D eigenvalue weighted by Gasteiger charge is 2.15. The lowest BCUT2D eigenvalue weighted by Gasteiger charge is -2.22. The molecule has 116 valence electrons. The first-order chi connectivity index (χ1) is 10.3. The Kier molecular flexibility index (Phi) is 6.05. The minimum absolute atomic E-state index is 0.201. The number of para-hydroxylation sites is 1. The molecule has 21 heavy (non-hydrogen) atoms. The predicted octanol–water partition coefficient (Wildman–Crippen LogP) is 2.05. The van der Waals surface area contributed by atoms with Crippen LogP contribution in [-0.4, -0.2) is 43.5 Å². The number of hydrogen-bond donors (Lipinski definition) is 2. The minimum Gasteiger partial charge on any atom is -0.376 e. The Bertz CT molecular complexity index is 443. The molecule has 1 saturated heterocycles. The molecule has 0 spiro atoms. The molecule has 1 fully saturated rings. The molecule has 0 atom stereocenters. The zero-order chi connectivity index (χ0) is 15.1. The van der Waals surface area contributed by atoms with Crippen molar-refractivity contribution in [3.8, 4) is 0 Å². The van der Waals surface area contributed by atoms with Crippen molar-refractivity contribution in [1.29, 1.82) is 0 Å². The van der Waals surface area contributed by atoms with Crippen molar-refractivity contribution in [3.63, 3.8) is 0 Å². The highest BCUT2D eigenvalue weighted by molar-refractivity contribution is 5.81. The average Bonchev–Trinajstić information content (AvgIpc) is 2.81. The monoisotopic (exact) mass is 289 g/mol. The van der Waals surface area contributed by atoms with E-state index in [-0.39, 0.29) is 5.91 Å². The smallest absolute Gasteiger partial charge is 0.241 e. The molecule has 4 nitrogen and oxygen atoms in total. The first-order valence-electron chi connectivity index (χ1n) is 8.09. The van der Waals surface area contributed by atoms with Gasteiger partial charge >= 0.3 is 0 Å². The van der Waals surface area contributed by atoms with Gasteiger partial charge in [0.2, 0.25) is 5.91 Å². The van der Waals surface area contributed by atoms with Crippen molar-refractivity contribution in [2.75, 3.05) is 38.0 Å². The third-order valence-corrected chi connectivity index (χ3v) is 4.11. The van der Waals surface area contributed by atoms with Crippen LogP contribution in [0.1, 0.15) is 31.4 Å². The maximum Gasteiger partial charge on any atom is 0.241 e. The van der Waals surface area contributed by atoms with Crippen molar-refractivity contribution in [2.24, 2.45) is 0 Å². The lowest BCUT2D eigenvalue weighted by atomic mass is 10.0. The average molecular weight is 289 g/mol. The second kappa shape index (κ2) is 8.03. The van der Waals surface area contributed by atoms with Gasteiger partial charge in [-0.1, -0.05) is 32.0 Å². The molecule has 1 aromatic rings. The van der Waals surface area contributed by atoms with E-state index in [4.69, 9.17) is 0 Å². The van der Waals surface area contributed by atoms with Gasteiger partial charge < -0.3 is 15.5 Å². The Morgan fingerprint density at radius 2 is 1.90 bits per heavy atom. The summed E-state index contributed by atoms with van der Waals surface area (Å²) in [7, 11) is 0. The van der Waals surface area contributed by atoms with Crippen molar-refractivity contribution < 1.29 is 4.79 Å². The van der Waals surface area contributed by atoms with Crippen LogP contribution < -0.4 is 10.6 Å². The molecular formula is C17H27N3O. The van der Waals surface area contributed by atoms with Crippen LogP contribution in [0.25, 0.3) is 0 Å². The van der Waals surface area contributed by atoms with Gasteiger partial charge in [0.1, 0.15) is 0 Å². The van der Waals surface area contributed by atoms with E-state index in [2.05, 4.69) is 42.7 Å². The summed E-state index contributed by atoms with van der Waals surface area (Å²) in [5.41, 5.74) is 3.74. The number of carbonyl (C=O) groups is 1. The molecule has 0 aliphatic carbocycles. The van der Waals surface area contributed by atoms with Gasteiger partial charge in [-0.3, -0.25) is 4.79 Å². The zero-order valence-corrected chi connectivity index (χ0v) is 13.2. The van der Waals surface area contributed by atoms with E-state index in [1.54, 1.807) is 0 Å². The van der Waals surface area contributed by atoms with Crippen molar-refractivity contribution in [2.45, 2.75) is 33.1 Å². The van der Waals surface area contributed by atoms with E-state index in [9.17, 15) is 4.79 Å². The van der Waals surface area contributed by atoms with Crippen LogP contribution in [0.5, 0.6) is 0 Å². The molecular weight excluding hydrogens is 262 g/mol. The Balaban J connectivity index is 2.00. The standard InChI is InChI=1S/C17H27N3O/c1-3-14-7-5-8-15(4-2)17(14)19-13-16(21)20-11-6-9-18-10-12-20/h5,7-8,18-19H,3-4,6,9-13H2,1-2H3. The minimum atomic E-state index is 0.201. The van der Waals surface area contributed by atoms with Gasteiger partial charge in [-0.2, -0.15) is 0 Å². The quantitative estimate of drug-likeness (QED) is 0.872. The fourth-order valence-electron chi connectivity index (χ4n) is 2.84. The van der Waals surface area contributed by atoms with Gasteiger partial charge in [0.25, 0.3) is 0 Å². The first kappa shape index (κ1) is 15.8. The summed E-state index contributed by atoms with van der Waals surface area (Å²) in [5.74, 6) is 0.201. The van der Waals surface area contributed by atoms with E-state index < -0.39 is 0 Å². The first-order valence-corrected chi connectivity index (χ1v) is 8.09. The van der Waals surface area contributed by atoms with Gasteiger partial charge in [-0.05, 0) is 36.9 Å².